The van der Waals surface area contributed by atoms with E-state index in [1.54, 1.807) is 49.1 Å². The van der Waals surface area contributed by atoms with E-state index in [2.05, 4.69) is 14.9 Å². The molecule has 28 heavy (non-hydrogen) atoms. The Morgan fingerprint density at radius 3 is 2.04 bits per heavy atom. The van der Waals surface area contributed by atoms with Gasteiger partial charge in [-0.15, -0.1) is 0 Å². The first kappa shape index (κ1) is 17.9. The maximum atomic E-state index is 12.5. The lowest BCUT2D eigenvalue weighted by molar-refractivity contribution is 0.0746. The van der Waals surface area contributed by atoms with Crippen LogP contribution in [-0.4, -0.2) is 52.7 Å². The summed E-state index contributed by atoms with van der Waals surface area (Å²) in [5.74, 6) is 0.00637. The van der Waals surface area contributed by atoms with Gasteiger partial charge in [0.05, 0.1) is 5.56 Å². The van der Waals surface area contributed by atoms with Crippen LogP contribution in [0.5, 0.6) is 0 Å². The highest BCUT2D eigenvalue weighted by Crippen LogP contribution is 2.19. The van der Waals surface area contributed by atoms with Gasteiger partial charge < -0.3 is 9.80 Å². The molecule has 1 aliphatic rings. The maximum Gasteiger partial charge on any atom is 0.255 e. The number of piperazine rings is 1. The number of aromatic nitrogens is 2. The zero-order valence-electron chi connectivity index (χ0n) is 15.4. The predicted octanol–water partition coefficient (Wildman–Crippen LogP) is 2.67. The van der Waals surface area contributed by atoms with Crippen molar-refractivity contribution in [3.63, 3.8) is 0 Å². The standard InChI is InChI=1S/C22H20N4O2/c27-21(18-7-10-23-11-8-18)17-3-5-20(6-4-17)25-12-14-26(15-13-25)22(28)19-2-1-9-24-16-19/h1-11,16H,12-15H2. The number of benzene rings is 1. The lowest BCUT2D eigenvalue weighted by Crippen LogP contribution is -2.48. The number of rotatable bonds is 4. The van der Waals surface area contributed by atoms with E-state index in [-0.39, 0.29) is 11.7 Å². The largest absolute Gasteiger partial charge is 0.368 e. The average molecular weight is 372 g/mol. The van der Waals surface area contributed by atoms with Gasteiger partial charge in [0, 0.05) is 67.8 Å². The normalized spacial score (nSPS) is 14.0. The molecular formula is C22H20N4O2. The number of carbonyl (C=O) groups excluding carboxylic acids is 2. The summed E-state index contributed by atoms with van der Waals surface area (Å²) in [4.78, 5) is 37.1. The minimum Gasteiger partial charge on any atom is -0.368 e. The van der Waals surface area contributed by atoms with Crippen molar-refractivity contribution < 1.29 is 9.59 Å². The predicted molar refractivity (Wildman–Crippen MR) is 106 cm³/mol. The zero-order valence-corrected chi connectivity index (χ0v) is 15.4. The quantitative estimate of drug-likeness (QED) is 0.659. The number of amides is 1. The van der Waals surface area contributed by atoms with E-state index in [1.807, 2.05) is 29.2 Å². The summed E-state index contributed by atoms with van der Waals surface area (Å²) in [6, 6.07) is 14.6. The molecule has 6 nitrogen and oxygen atoms in total. The van der Waals surface area contributed by atoms with Gasteiger partial charge in [-0.05, 0) is 48.5 Å². The van der Waals surface area contributed by atoms with Gasteiger partial charge in [-0.2, -0.15) is 0 Å². The summed E-state index contributed by atoms with van der Waals surface area (Å²) < 4.78 is 0. The molecule has 1 aromatic carbocycles. The second-order valence-corrected chi connectivity index (χ2v) is 6.63. The van der Waals surface area contributed by atoms with Crippen molar-refractivity contribution in [2.45, 2.75) is 0 Å². The monoisotopic (exact) mass is 372 g/mol. The first-order chi connectivity index (χ1) is 13.7. The van der Waals surface area contributed by atoms with E-state index >= 15 is 0 Å². The minimum absolute atomic E-state index is 0.0131. The van der Waals surface area contributed by atoms with E-state index in [0.717, 1.165) is 18.8 Å². The van der Waals surface area contributed by atoms with Crippen LogP contribution in [0.3, 0.4) is 0 Å². The molecule has 140 valence electrons. The van der Waals surface area contributed by atoms with E-state index in [0.29, 0.717) is 29.8 Å². The Kier molecular flexibility index (Phi) is 5.10. The highest BCUT2D eigenvalue weighted by molar-refractivity contribution is 6.09. The second kappa shape index (κ2) is 8.00. The molecule has 3 aromatic rings. The van der Waals surface area contributed by atoms with Crippen LogP contribution in [0.4, 0.5) is 5.69 Å². The molecule has 0 unspecified atom stereocenters. The van der Waals surface area contributed by atoms with Gasteiger partial charge in [-0.25, -0.2) is 0 Å². The molecule has 1 fully saturated rings. The molecule has 4 rings (SSSR count). The Labute approximate surface area is 163 Å². The summed E-state index contributed by atoms with van der Waals surface area (Å²) in [6.07, 6.45) is 6.51. The summed E-state index contributed by atoms with van der Waals surface area (Å²) in [7, 11) is 0. The minimum atomic E-state index is -0.0131. The van der Waals surface area contributed by atoms with Crippen molar-refractivity contribution in [1.82, 2.24) is 14.9 Å². The van der Waals surface area contributed by atoms with Crippen molar-refractivity contribution in [2.75, 3.05) is 31.1 Å². The second-order valence-electron chi connectivity index (χ2n) is 6.63. The third kappa shape index (κ3) is 3.76. The van der Waals surface area contributed by atoms with Crippen LogP contribution in [0, 0.1) is 0 Å². The summed E-state index contributed by atoms with van der Waals surface area (Å²) in [5.41, 5.74) is 2.96. The highest BCUT2D eigenvalue weighted by atomic mass is 16.2. The van der Waals surface area contributed by atoms with E-state index < -0.39 is 0 Å². The summed E-state index contributed by atoms with van der Waals surface area (Å²) in [5, 5.41) is 0. The van der Waals surface area contributed by atoms with Crippen LogP contribution < -0.4 is 4.90 Å². The number of hydrogen-bond donors (Lipinski definition) is 0. The number of ketones is 1. The highest BCUT2D eigenvalue weighted by Gasteiger charge is 2.22. The molecule has 0 aliphatic carbocycles. The van der Waals surface area contributed by atoms with Gasteiger partial charge in [0.25, 0.3) is 5.91 Å². The molecule has 6 heteroatoms. The Hall–Kier alpha value is -3.54. The van der Waals surface area contributed by atoms with Crippen LogP contribution in [0.2, 0.25) is 0 Å². The molecule has 0 saturated carbocycles. The fourth-order valence-electron chi connectivity index (χ4n) is 3.33. The fraction of sp³-hybridized carbons (Fsp3) is 0.182. The molecular weight excluding hydrogens is 352 g/mol. The lowest BCUT2D eigenvalue weighted by atomic mass is 10.0. The van der Waals surface area contributed by atoms with Crippen molar-refractivity contribution in [2.24, 2.45) is 0 Å². The van der Waals surface area contributed by atoms with Gasteiger partial charge in [-0.1, -0.05) is 0 Å². The van der Waals surface area contributed by atoms with Crippen LogP contribution in [-0.2, 0) is 0 Å². The maximum absolute atomic E-state index is 12.5. The molecule has 1 saturated heterocycles. The first-order valence-electron chi connectivity index (χ1n) is 9.21. The van der Waals surface area contributed by atoms with Crippen LogP contribution in [0.1, 0.15) is 26.3 Å². The average Bonchev–Trinajstić information content (AvgIpc) is 2.79. The number of hydrogen-bond acceptors (Lipinski definition) is 5. The Balaban J connectivity index is 1.39. The lowest BCUT2D eigenvalue weighted by Gasteiger charge is -2.36. The number of carbonyl (C=O) groups is 2. The van der Waals surface area contributed by atoms with Gasteiger partial charge >= 0.3 is 0 Å². The summed E-state index contributed by atoms with van der Waals surface area (Å²) in [6.45, 7) is 2.82. The molecule has 0 radical (unpaired) electrons. The molecule has 1 aliphatic heterocycles. The van der Waals surface area contributed by atoms with Crippen molar-refractivity contribution >= 4 is 17.4 Å². The van der Waals surface area contributed by atoms with Crippen molar-refractivity contribution in [3.8, 4) is 0 Å². The zero-order chi connectivity index (χ0) is 19.3. The van der Waals surface area contributed by atoms with Crippen LogP contribution in [0.15, 0.2) is 73.3 Å². The number of pyridine rings is 2. The molecule has 0 bridgehead atoms. The fourth-order valence-corrected chi connectivity index (χ4v) is 3.33. The molecule has 0 atom stereocenters. The van der Waals surface area contributed by atoms with Crippen molar-refractivity contribution in [1.29, 1.82) is 0 Å². The van der Waals surface area contributed by atoms with Crippen LogP contribution in [0.25, 0.3) is 0 Å². The topological polar surface area (TPSA) is 66.4 Å². The van der Waals surface area contributed by atoms with Gasteiger partial charge in [0.1, 0.15) is 0 Å². The SMILES string of the molecule is O=C(c1ccncc1)c1ccc(N2CCN(C(=O)c3cccnc3)CC2)cc1. The number of anilines is 1. The van der Waals surface area contributed by atoms with E-state index in [9.17, 15) is 9.59 Å². The Bertz CT molecular complexity index is 951. The summed E-state index contributed by atoms with van der Waals surface area (Å²) >= 11 is 0. The van der Waals surface area contributed by atoms with Gasteiger partial charge in [-0.3, -0.25) is 19.6 Å². The Morgan fingerprint density at radius 2 is 1.39 bits per heavy atom. The van der Waals surface area contributed by atoms with Crippen molar-refractivity contribution in [3.05, 3.63) is 90.0 Å². The van der Waals surface area contributed by atoms with Crippen LogP contribution >= 0.6 is 0 Å². The third-order valence-electron chi connectivity index (χ3n) is 4.91. The first-order valence-corrected chi connectivity index (χ1v) is 9.21. The molecule has 0 spiro atoms. The third-order valence-corrected chi connectivity index (χ3v) is 4.91. The van der Waals surface area contributed by atoms with Gasteiger partial charge in [0.2, 0.25) is 0 Å². The van der Waals surface area contributed by atoms with Gasteiger partial charge in [0.15, 0.2) is 5.78 Å². The molecule has 2 aromatic heterocycles. The smallest absolute Gasteiger partial charge is 0.255 e. The molecule has 1 amide bonds. The van der Waals surface area contributed by atoms with E-state index in [4.69, 9.17) is 0 Å². The molecule has 3 heterocycles. The molecule has 0 N–H and O–H groups in total. The number of nitrogens with zero attached hydrogens (tertiary/aromatic N) is 4. The Morgan fingerprint density at radius 1 is 0.714 bits per heavy atom. The van der Waals surface area contributed by atoms with E-state index in [1.165, 1.54) is 0 Å².